The first-order valence-corrected chi connectivity index (χ1v) is 9.95. The molecule has 2 heteroatoms. The van der Waals surface area contributed by atoms with Crippen LogP contribution in [0.1, 0.15) is 0 Å². The van der Waals surface area contributed by atoms with Crippen LogP contribution in [0.25, 0.3) is 10.4 Å². The zero-order chi connectivity index (χ0) is 16.2. The molecule has 0 aliphatic heterocycles. The summed E-state index contributed by atoms with van der Waals surface area (Å²) in [6.45, 7) is 0. The van der Waals surface area contributed by atoms with Crippen molar-refractivity contribution >= 4 is 22.2 Å². The molecule has 0 aliphatic rings. The Bertz CT molecular complexity index is 857. The number of rotatable bonds is 4. The Labute approximate surface area is 149 Å². The Morgan fingerprint density at radius 3 is 1.54 bits per heavy atom. The molecule has 4 rings (SSSR count). The quantitative estimate of drug-likeness (QED) is 0.370. The highest BCUT2D eigenvalue weighted by atomic mass is 32.2. The van der Waals surface area contributed by atoms with Crippen LogP contribution in [0.4, 0.5) is 0 Å². The first kappa shape index (κ1) is 15.3. The standard InChI is InChI=1S/C22H17S2/c1-4-10-18(11-5-1)21-16-17-22(23-21)24(19-12-6-2-7-13-19)20-14-8-3-9-15-20/h1-17H/q+1. The maximum Gasteiger partial charge on any atom is 0.220 e. The molecule has 0 atom stereocenters. The van der Waals surface area contributed by atoms with Crippen LogP contribution in [-0.2, 0) is 10.9 Å². The molecule has 0 unspecified atom stereocenters. The number of benzene rings is 3. The van der Waals surface area contributed by atoms with Crippen LogP contribution in [0.2, 0.25) is 0 Å². The Morgan fingerprint density at radius 1 is 0.500 bits per heavy atom. The van der Waals surface area contributed by atoms with Gasteiger partial charge in [-0.2, -0.15) is 0 Å². The number of hydrogen-bond acceptors (Lipinski definition) is 1. The van der Waals surface area contributed by atoms with E-state index < -0.39 is 0 Å². The largest absolute Gasteiger partial charge is 0.220 e. The highest BCUT2D eigenvalue weighted by molar-refractivity contribution is 7.99. The molecule has 0 saturated carbocycles. The summed E-state index contributed by atoms with van der Waals surface area (Å²) in [5.74, 6) is 0. The van der Waals surface area contributed by atoms with Gasteiger partial charge >= 0.3 is 0 Å². The molecule has 0 bridgehead atoms. The molecule has 1 heterocycles. The van der Waals surface area contributed by atoms with Crippen molar-refractivity contribution < 1.29 is 0 Å². The molecule has 116 valence electrons. The van der Waals surface area contributed by atoms with Crippen molar-refractivity contribution in [3.63, 3.8) is 0 Å². The maximum atomic E-state index is 2.29. The van der Waals surface area contributed by atoms with Gasteiger partial charge in [-0.3, -0.25) is 0 Å². The molecule has 1 aromatic heterocycles. The summed E-state index contributed by atoms with van der Waals surface area (Å²) in [5, 5.41) is 0. The molecule has 0 nitrogen and oxygen atoms in total. The summed E-state index contributed by atoms with van der Waals surface area (Å²) in [6.07, 6.45) is 0. The minimum Gasteiger partial charge on any atom is -0.0849 e. The Balaban J connectivity index is 1.79. The van der Waals surface area contributed by atoms with Crippen molar-refractivity contribution in [1.29, 1.82) is 0 Å². The zero-order valence-electron chi connectivity index (χ0n) is 13.1. The van der Waals surface area contributed by atoms with E-state index in [2.05, 4.69) is 103 Å². The van der Waals surface area contributed by atoms with E-state index >= 15 is 0 Å². The van der Waals surface area contributed by atoms with Gasteiger partial charge in [-0.15, -0.1) is 0 Å². The summed E-state index contributed by atoms with van der Waals surface area (Å²) in [5.41, 5.74) is 1.29. The Kier molecular flexibility index (Phi) is 4.50. The first-order chi connectivity index (χ1) is 11.9. The third kappa shape index (κ3) is 3.16. The van der Waals surface area contributed by atoms with Gasteiger partial charge in [-0.05, 0) is 35.9 Å². The lowest BCUT2D eigenvalue weighted by atomic mass is 10.2. The predicted octanol–water partition coefficient (Wildman–Crippen LogP) is 6.51. The van der Waals surface area contributed by atoms with Crippen molar-refractivity contribution in [2.24, 2.45) is 0 Å². The lowest BCUT2D eigenvalue weighted by Crippen LogP contribution is -2.02. The van der Waals surface area contributed by atoms with Crippen molar-refractivity contribution in [2.75, 3.05) is 0 Å². The third-order valence-corrected chi connectivity index (χ3v) is 7.50. The molecule has 0 saturated heterocycles. The van der Waals surface area contributed by atoms with Gasteiger partial charge in [-0.25, -0.2) is 0 Å². The molecule has 0 radical (unpaired) electrons. The van der Waals surface area contributed by atoms with Crippen LogP contribution in [0, 0.1) is 0 Å². The number of thiophene rings is 1. The second-order valence-corrected chi connectivity index (χ2v) is 8.75. The molecule has 3 aromatic carbocycles. The van der Waals surface area contributed by atoms with Gasteiger partial charge in [0.25, 0.3) is 0 Å². The minimum atomic E-state index is -0.0491. The molecule has 0 aliphatic carbocycles. The summed E-state index contributed by atoms with van der Waals surface area (Å²) in [4.78, 5) is 4.06. The summed E-state index contributed by atoms with van der Waals surface area (Å²) >= 11 is 1.90. The minimum absolute atomic E-state index is 0.0491. The fourth-order valence-electron chi connectivity index (χ4n) is 2.67. The molecule has 0 spiro atoms. The van der Waals surface area contributed by atoms with Gasteiger partial charge in [0.15, 0.2) is 9.79 Å². The van der Waals surface area contributed by atoms with Gasteiger partial charge in [-0.1, -0.05) is 78.1 Å². The molecule has 4 aromatic rings. The SMILES string of the molecule is c1ccc(-c2ccc([S+](c3ccccc3)c3ccccc3)s2)cc1. The molecular formula is C22H17S2+. The van der Waals surface area contributed by atoms with E-state index in [0.717, 1.165) is 0 Å². The molecule has 0 amide bonds. The summed E-state index contributed by atoms with van der Waals surface area (Å²) in [6, 6.07) is 36.8. The normalized spacial score (nSPS) is 10.9. The second kappa shape index (κ2) is 7.08. The van der Waals surface area contributed by atoms with Gasteiger partial charge in [0, 0.05) is 10.9 Å². The van der Waals surface area contributed by atoms with Gasteiger partial charge in [0.1, 0.15) is 10.9 Å². The second-order valence-electron chi connectivity index (χ2n) is 5.42. The fourth-order valence-corrected chi connectivity index (χ4v) is 6.39. The summed E-state index contributed by atoms with van der Waals surface area (Å²) < 4.78 is 1.41. The molecule has 0 fully saturated rings. The molecule has 24 heavy (non-hydrogen) atoms. The fraction of sp³-hybridized carbons (Fsp3) is 0. The Hall–Kier alpha value is -2.29. The highest BCUT2D eigenvalue weighted by Gasteiger charge is 2.30. The third-order valence-electron chi connectivity index (χ3n) is 3.80. The maximum absolute atomic E-state index is 2.29. The van der Waals surface area contributed by atoms with Crippen LogP contribution < -0.4 is 0 Å². The lowest BCUT2D eigenvalue weighted by Gasteiger charge is -2.05. The average molecular weight is 346 g/mol. The Morgan fingerprint density at radius 2 is 1.00 bits per heavy atom. The number of hydrogen-bond donors (Lipinski definition) is 0. The van der Waals surface area contributed by atoms with E-state index in [1.807, 2.05) is 11.3 Å². The van der Waals surface area contributed by atoms with Gasteiger partial charge < -0.3 is 0 Å². The van der Waals surface area contributed by atoms with Crippen molar-refractivity contribution in [2.45, 2.75) is 14.0 Å². The smallest absolute Gasteiger partial charge is 0.0849 e. The van der Waals surface area contributed by atoms with Crippen LogP contribution in [0.5, 0.6) is 0 Å². The zero-order valence-corrected chi connectivity index (χ0v) is 14.8. The highest BCUT2D eigenvalue weighted by Crippen LogP contribution is 2.38. The predicted molar refractivity (Wildman–Crippen MR) is 105 cm³/mol. The van der Waals surface area contributed by atoms with Gasteiger partial charge in [0.05, 0.1) is 0 Å². The molecule has 0 N–H and O–H groups in total. The van der Waals surface area contributed by atoms with E-state index in [4.69, 9.17) is 0 Å². The van der Waals surface area contributed by atoms with Crippen molar-refractivity contribution in [3.8, 4) is 10.4 Å². The van der Waals surface area contributed by atoms with Gasteiger partial charge in [0.2, 0.25) is 4.21 Å². The van der Waals surface area contributed by atoms with Crippen molar-refractivity contribution in [3.05, 3.63) is 103 Å². The van der Waals surface area contributed by atoms with Crippen LogP contribution in [-0.4, -0.2) is 0 Å². The van der Waals surface area contributed by atoms with E-state index in [-0.39, 0.29) is 10.9 Å². The van der Waals surface area contributed by atoms with Crippen molar-refractivity contribution in [1.82, 2.24) is 0 Å². The van der Waals surface area contributed by atoms with Crippen LogP contribution >= 0.6 is 11.3 Å². The van der Waals surface area contributed by atoms with E-state index in [1.165, 1.54) is 24.4 Å². The van der Waals surface area contributed by atoms with E-state index in [0.29, 0.717) is 0 Å². The van der Waals surface area contributed by atoms with Crippen LogP contribution in [0.3, 0.4) is 0 Å². The first-order valence-electron chi connectivity index (χ1n) is 7.91. The van der Waals surface area contributed by atoms with Crippen LogP contribution in [0.15, 0.2) is 117 Å². The average Bonchev–Trinajstić information content (AvgIpc) is 3.14. The van der Waals surface area contributed by atoms with E-state index in [1.54, 1.807) is 0 Å². The lowest BCUT2D eigenvalue weighted by molar-refractivity contribution is 1.36. The van der Waals surface area contributed by atoms with E-state index in [9.17, 15) is 0 Å². The topological polar surface area (TPSA) is 0 Å². The summed E-state index contributed by atoms with van der Waals surface area (Å²) in [7, 11) is -0.0491. The monoisotopic (exact) mass is 345 g/mol. The molecular weight excluding hydrogens is 328 g/mol.